The number of ether oxygens (including phenoxy) is 1. The van der Waals surface area contributed by atoms with Gasteiger partial charge < -0.3 is 10.1 Å². The number of hydrogen-bond acceptors (Lipinski definition) is 5. The number of hydrogen-bond donors (Lipinski definition) is 1. The van der Waals surface area contributed by atoms with E-state index in [9.17, 15) is 26.3 Å². The molecule has 0 atom stereocenters. The number of alkyl halides is 6. The van der Waals surface area contributed by atoms with Crippen LogP contribution in [0.25, 0.3) is 0 Å². The van der Waals surface area contributed by atoms with Crippen LogP contribution < -0.4 is 10.1 Å². The second kappa shape index (κ2) is 6.80. The Kier molecular flexibility index (Phi) is 5.28. The Hall–Kier alpha value is -3.39. The number of benzene rings is 1. The Morgan fingerprint density at radius 2 is 1.54 bits per heavy atom. The molecule has 0 fully saturated rings. The minimum absolute atomic E-state index is 0.0727. The molecule has 11 heteroatoms. The van der Waals surface area contributed by atoms with Gasteiger partial charge in [-0.2, -0.15) is 29.0 Å². The maximum atomic E-state index is 13.0. The fraction of sp³-hybridized carbons (Fsp3) is 0.154. The van der Waals surface area contributed by atoms with Gasteiger partial charge in [0, 0.05) is 0 Å². The molecule has 0 saturated heterocycles. The summed E-state index contributed by atoms with van der Waals surface area (Å²) < 4.78 is 78.6. The zero-order chi connectivity index (χ0) is 18.5. The van der Waals surface area contributed by atoms with Gasteiger partial charge in [-0.05, 0) is 18.2 Å². The van der Waals surface area contributed by atoms with Gasteiger partial charge >= 0.3 is 12.5 Å². The van der Waals surface area contributed by atoms with Gasteiger partial charge in [0.1, 0.15) is 29.7 Å². The lowest BCUT2D eigenvalue weighted by atomic mass is 10.1. The molecule has 1 aromatic carbocycles. The van der Waals surface area contributed by atoms with Gasteiger partial charge in [-0.3, -0.25) is 0 Å². The first-order valence-corrected chi connectivity index (χ1v) is 5.70. The summed E-state index contributed by atoms with van der Waals surface area (Å²) in [6.07, 6.45) is -10.3. The van der Waals surface area contributed by atoms with Gasteiger partial charge in [-0.15, -0.1) is 13.2 Å². The van der Waals surface area contributed by atoms with Crippen molar-refractivity contribution in [2.75, 3.05) is 5.32 Å². The molecule has 0 amide bonds. The highest BCUT2D eigenvalue weighted by Gasteiger charge is 2.36. The summed E-state index contributed by atoms with van der Waals surface area (Å²) >= 11 is 0. The summed E-state index contributed by atoms with van der Waals surface area (Å²) in [6.45, 7) is 0. The lowest BCUT2D eigenvalue weighted by Gasteiger charge is -2.16. The Morgan fingerprint density at radius 1 is 0.958 bits per heavy atom. The van der Waals surface area contributed by atoms with E-state index >= 15 is 0 Å². The van der Waals surface area contributed by atoms with Crippen molar-refractivity contribution in [2.24, 2.45) is 0 Å². The van der Waals surface area contributed by atoms with Crippen molar-refractivity contribution in [1.82, 2.24) is 0 Å². The maximum absolute atomic E-state index is 13.0. The van der Waals surface area contributed by atoms with Crippen LogP contribution in [0, 0.1) is 34.0 Å². The minimum atomic E-state index is -5.19. The standard InChI is InChI=1S/C13H4F6N4O/c14-12(15,16)9-3-8(24-13(17,18)19)1-2-10(9)23-11(6-22)7(4-20)5-21/h1-3,23H. The first-order valence-electron chi connectivity index (χ1n) is 5.70. The third-order valence-electron chi connectivity index (χ3n) is 2.38. The lowest BCUT2D eigenvalue weighted by molar-refractivity contribution is -0.274. The first kappa shape index (κ1) is 18.7. The second-order valence-corrected chi connectivity index (χ2v) is 3.96. The van der Waals surface area contributed by atoms with Crippen molar-refractivity contribution in [3.63, 3.8) is 0 Å². The van der Waals surface area contributed by atoms with Crippen LogP contribution in [-0.2, 0) is 6.18 Å². The van der Waals surface area contributed by atoms with E-state index in [0.717, 1.165) is 0 Å². The Morgan fingerprint density at radius 3 is 1.96 bits per heavy atom. The van der Waals surface area contributed by atoms with Gasteiger partial charge in [0.25, 0.3) is 0 Å². The molecule has 24 heavy (non-hydrogen) atoms. The number of rotatable bonds is 3. The molecule has 0 aliphatic carbocycles. The number of nitrogens with one attached hydrogen (secondary N) is 1. The largest absolute Gasteiger partial charge is 0.573 e. The normalized spacial score (nSPS) is 10.8. The minimum Gasteiger partial charge on any atom is -0.406 e. The van der Waals surface area contributed by atoms with Crippen LogP contribution in [-0.4, -0.2) is 6.36 Å². The van der Waals surface area contributed by atoms with E-state index in [0.29, 0.717) is 12.1 Å². The predicted octanol–water partition coefficient (Wildman–Crippen LogP) is 3.84. The van der Waals surface area contributed by atoms with Gasteiger partial charge in [-0.25, -0.2) is 0 Å². The van der Waals surface area contributed by atoms with Crippen LogP contribution in [0.3, 0.4) is 0 Å². The fourth-order valence-corrected chi connectivity index (χ4v) is 1.48. The number of anilines is 1. The second-order valence-electron chi connectivity index (χ2n) is 3.96. The highest BCUT2D eigenvalue weighted by molar-refractivity contribution is 5.63. The van der Waals surface area contributed by atoms with Crippen molar-refractivity contribution in [2.45, 2.75) is 12.5 Å². The maximum Gasteiger partial charge on any atom is 0.573 e. The van der Waals surface area contributed by atoms with Crippen molar-refractivity contribution in [1.29, 1.82) is 15.8 Å². The average molecular weight is 346 g/mol. The smallest absolute Gasteiger partial charge is 0.406 e. The van der Waals surface area contributed by atoms with E-state index in [1.165, 1.54) is 18.2 Å². The molecule has 124 valence electrons. The molecule has 1 aromatic rings. The molecule has 0 unspecified atom stereocenters. The van der Waals surface area contributed by atoms with Crippen LogP contribution in [0.15, 0.2) is 29.5 Å². The van der Waals surface area contributed by atoms with E-state index in [-0.39, 0.29) is 6.07 Å². The van der Waals surface area contributed by atoms with Crippen LogP contribution in [0.4, 0.5) is 32.0 Å². The molecule has 1 rings (SSSR count). The molecule has 1 N–H and O–H groups in total. The number of allylic oxidation sites excluding steroid dienone is 2. The molecule has 0 spiro atoms. The highest BCUT2D eigenvalue weighted by Crippen LogP contribution is 2.38. The summed E-state index contributed by atoms with van der Waals surface area (Å²) in [5.41, 5.74) is -3.97. The SMILES string of the molecule is N#CC(C#N)=C(C#N)Nc1ccc(OC(F)(F)F)cc1C(F)(F)F. The van der Waals surface area contributed by atoms with E-state index < -0.39 is 40.8 Å². The van der Waals surface area contributed by atoms with Crippen LogP contribution in [0.5, 0.6) is 5.75 Å². The van der Waals surface area contributed by atoms with Crippen molar-refractivity contribution in [3.8, 4) is 24.0 Å². The van der Waals surface area contributed by atoms with Crippen LogP contribution >= 0.6 is 0 Å². The van der Waals surface area contributed by atoms with E-state index in [4.69, 9.17) is 15.8 Å². The molecule has 0 aliphatic rings. The molecule has 0 radical (unpaired) electrons. The topological polar surface area (TPSA) is 92.6 Å². The average Bonchev–Trinajstić information content (AvgIpc) is 2.46. The zero-order valence-corrected chi connectivity index (χ0v) is 11.2. The molecule has 5 nitrogen and oxygen atoms in total. The molecular weight excluding hydrogens is 342 g/mol. The van der Waals surface area contributed by atoms with E-state index in [1.54, 1.807) is 0 Å². The van der Waals surface area contributed by atoms with Gasteiger partial charge in [-0.1, -0.05) is 0 Å². The van der Waals surface area contributed by atoms with Gasteiger partial charge in [0.05, 0.1) is 11.3 Å². The third-order valence-corrected chi connectivity index (χ3v) is 2.38. The highest BCUT2D eigenvalue weighted by atomic mass is 19.4. The summed E-state index contributed by atoms with van der Waals surface area (Å²) in [5, 5.41) is 27.9. The van der Waals surface area contributed by atoms with Crippen molar-refractivity contribution in [3.05, 3.63) is 35.0 Å². The number of nitriles is 3. The molecule has 0 aromatic heterocycles. The fourth-order valence-electron chi connectivity index (χ4n) is 1.48. The Bertz CT molecular complexity index is 773. The quantitative estimate of drug-likeness (QED) is 0.663. The molecule has 0 bridgehead atoms. The molecular formula is C13H4F6N4O. The van der Waals surface area contributed by atoms with Crippen LogP contribution in [0.1, 0.15) is 5.56 Å². The number of halogens is 6. The molecule has 0 saturated carbocycles. The molecule has 0 aliphatic heterocycles. The summed E-state index contributed by atoms with van der Waals surface area (Å²) in [6, 6.07) is 5.17. The van der Waals surface area contributed by atoms with Crippen molar-refractivity contribution >= 4 is 5.69 Å². The van der Waals surface area contributed by atoms with Gasteiger partial charge in [0.2, 0.25) is 0 Å². The van der Waals surface area contributed by atoms with E-state index in [2.05, 4.69) is 4.74 Å². The Balaban J connectivity index is 3.41. The summed E-state index contributed by atoms with van der Waals surface area (Å²) in [7, 11) is 0. The monoisotopic (exact) mass is 346 g/mol. The lowest BCUT2D eigenvalue weighted by Crippen LogP contribution is -2.18. The predicted molar refractivity (Wildman–Crippen MR) is 65.6 cm³/mol. The van der Waals surface area contributed by atoms with Crippen LogP contribution in [0.2, 0.25) is 0 Å². The van der Waals surface area contributed by atoms with E-state index in [1.807, 2.05) is 5.32 Å². The van der Waals surface area contributed by atoms with Crippen molar-refractivity contribution < 1.29 is 31.1 Å². The number of nitrogens with zero attached hydrogens (tertiary/aromatic N) is 3. The summed E-state index contributed by atoms with van der Waals surface area (Å²) in [4.78, 5) is 0. The zero-order valence-electron chi connectivity index (χ0n) is 11.2. The third kappa shape index (κ3) is 4.82. The Labute approximate surface area is 130 Å². The summed E-state index contributed by atoms with van der Waals surface area (Å²) in [5.74, 6) is -1.12. The van der Waals surface area contributed by atoms with Gasteiger partial charge in [0.15, 0.2) is 5.57 Å². The first-order chi connectivity index (χ1) is 11.0. The molecule has 0 heterocycles.